The Morgan fingerprint density at radius 1 is 1.24 bits per heavy atom. The third-order valence-corrected chi connectivity index (χ3v) is 5.30. The van der Waals surface area contributed by atoms with E-state index in [-0.39, 0.29) is 5.91 Å². The average Bonchev–Trinajstić information content (AvgIpc) is 3.30. The van der Waals surface area contributed by atoms with E-state index in [9.17, 15) is 4.79 Å². The summed E-state index contributed by atoms with van der Waals surface area (Å²) in [5.74, 6) is 1.05. The molecule has 1 saturated carbocycles. The van der Waals surface area contributed by atoms with Crippen molar-refractivity contribution in [2.75, 3.05) is 19.6 Å². The molecule has 6 nitrogen and oxygen atoms in total. The summed E-state index contributed by atoms with van der Waals surface area (Å²) in [6, 6.07) is 6.40. The molecule has 1 amide bonds. The van der Waals surface area contributed by atoms with Crippen molar-refractivity contribution < 1.29 is 4.79 Å². The molecule has 1 N–H and O–H groups in total. The zero-order valence-electron chi connectivity index (χ0n) is 14.7. The highest BCUT2D eigenvalue weighted by Gasteiger charge is 2.26. The molecule has 2 aliphatic rings. The first-order chi connectivity index (χ1) is 12.2. The third kappa shape index (κ3) is 3.74. The Morgan fingerprint density at radius 3 is 2.68 bits per heavy atom. The fourth-order valence-electron chi connectivity index (χ4n) is 3.48. The third-order valence-electron chi connectivity index (χ3n) is 5.30. The lowest BCUT2D eigenvalue weighted by Crippen LogP contribution is -2.45. The van der Waals surface area contributed by atoms with E-state index < -0.39 is 0 Å². The Bertz CT molecular complexity index is 730. The van der Waals surface area contributed by atoms with Gasteiger partial charge in [-0.25, -0.2) is 9.67 Å². The van der Waals surface area contributed by atoms with E-state index in [1.54, 1.807) is 11.0 Å². The first kappa shape index (κ1) is 16.3. The second-order valence-electron chi connectivity index (χ2n) is 7.26. The van der Waals surface area contributed by atoms with E-state index in [0.29, 0.717) is 6.04 Å². The van der Waals surface area contributed by atoms with Crippen LogP contribution in [-0.2, 0) is 0 Å². The van der Waals surface area contributed by atoms with Gasteiger partial charge in [-0.3, -0.25) is 4.79 Å². The van der Waals surface area contributed by atoms with Crippen molar-refractivity contribution in [1.29, 1.82) is 0 Å². The van der Waals surface area contributed by atoms with Gasteiger partial charge < -0.3 is 10.2 Å². The van der Waals surface area contributed by atoms with Gasteiger partial charge in [-0.05, 0) is 68.8 Å². The molecule has 0 unspecified atom stereocenters. The molecular formula is C19H25N5O. The van der Waals surface area contributed by atoms with Crippen molar-refractivity contribution in [3.63, 3.8) is 0 Å². The second-order valence-corrected chi connectivity index (χ2v) is 7.26. The number of carbonyl (C=O) groups excluding carboxylic acids is 1. The summed E-state index contributed by atoms with van der Waals surface area (Å²) in [6.07, 6.45) is 8.04. The maximum Gasteiger partial charge on any atom is 0.254 e. The zero-order valence-corrected chi connectivity index (χ0v) is 14.7. The zero-order chi connectivity index (χ0) is 17.2. The van der Waals surface area contributed by atoms with Crippen molar-refractivity contribution in [2.45, 2.75) is 38.6 Å². The van der Waals surface area contributed by atoms with Gasteiger partial charge in [0, 0.05) is 24.7 Å². The van der Waals surface area contributed by atoms with E-state index in [4.69, 9.17) is 0 Å². The van der Waals surface area contributed by atoms with Gasteiger partial charge in [0.05, 0.1) is 5.69 Å². The Labute approximate surface area is 148 Å². The SMILES string of the molecule is Cc1cc(-n2cncn2)ccc1C(=O)N1CCC(NCC2CC2)CC1. The standard InChI is InChI=1S/C19H25N5O/c1-14-10-17(24-13-20-12-22-24)4-5-18(14)19(25)23-8-6-16(7-9-23)21-11-15-2-3-15/h4-5,10,12-13,15-16,21H,2-3,6-9,11H2,1H3. The van der Waals surface area contributed by atoms with Gasteiger partial charge in [0.15, 0.2) is 0 Å². The second kappa shape index (κ2) is 6.96. The molecule has 6 heteroatoms. The van der Waals surface area contributed by atoms with Crippen LogP contribution in [0.1, 0.15) is 41.6 Å². The van der Waals surface area contributed by atoms with E-state index >= 15 is 0 Å². The lowest BCUT2D eigenvalue weighted by molar-refractivity contribution is 0.0704. The summed E-state index contributed by atoms with van der Waals surface area (Å²) in [7, 11) is 0. The fourth-order valence-corrected chi connectivity index (χ4v) is 3.48. The van der Waals surface area contributed by atoms with Gasteiger partial charge in [-0.1, -0.05) is 0 Å². The number of likely N-dealkylation sites (tertiary alicyclic amines) is 1. The Morgan fingerprint density at radius 2 is 2.04 bits per heavy atom. The number of hydrogen-bond donors (Lipinski definition) is 1. The molecule has 0 atom stereocenters. The molecule has 1 aliphatic carbocycles. The van der Waals surface area contributed by atoms with Gasteiger partial charge in [-0.15, -0.1) is 0 Å². The van der Waals surface area contributed by atoms with E-state index in [1.807, 2.05) is 30.0 Å². The minimum Gasteiger partial charge on any atom is -0.339 e. The highest BCUT2D eigenvalue weighted by molar-refractivity contribution is 5.96. The van der Waals surface area contributed by atoms with Gasteiger partial charge in [0.25, 0.3) is 5.91 Å². The van der Waals surface area contributed by atoms with E-state index in [0.717, 1.165) is 55.2 Å². The van der Waals surface area contributed by atoms with Crippen LogP contribution in [0.3, 0.4) is 0 Å². The monoisotopic (exact) mass is 339 g/mol. The maximum atomic E-state index is 12.9. The molecule has 0 spiro atoms. The normalized spacial score (nSPS) is 18.5. The van der Waals surface area contributed by atoms with Crippen LogP contribution < -0.4 is 5.32 Å². The van der Waals surface area contributed by atoms with Crippen molar-refractivity contribution in [3.05, 3.63) is 42.0 Å². The number of nitrogens with one attached hydrogen (secondary N) is 1. The molecule has 25 heavy (non-hydrogen) atoms. The fraction of sp³-hybridized carbons (Fsp3) is 0.526. The van der Waals surface area contributed by atoms with Crippen molar-refractivity contribution in [2.24, 2.45) is 5.92 Å². The molecule has 132 valence electrons. The maximum absolute atomic E-state index is 12.9. The van der Waals surface area contributed by atoms with Gasteiger partial charge >= 0.3 is 0 Å². The number of aromatic nitrogens is 3. The first-order valence-electron chi connectivity index (χ1n) is 9.19. The minimum absolute atomic E-state index is 0.142. The van der Waals surface area contributed by atoms with Crippen LogP contribution in [0.25, 0.3) is 5.69 Å². The molecule has 1 aromatic heterocycles. The number of nitrogens with zero attached hydrogens (tertiary/aromatic N) is 4. The molecule has 1 saturated heterocycles. The lowest BCUT2D eigenvalue weighted by Gasteiger charge is -2.33. The van der Waals surface area contributed by atoms with E-state index in [1.165, 1.54) is 19.2 Å². The van der Waals surface area contributed by atoms with Gasteiger partial charge in [0.2, 0.25) is 0 Å². The minimum atomic E-state index is 0.142. The molecule has 2 fully saturated rings. The average molecular weight is 339 g/mol. The van der Waals surface area contributed by atoms with Crippen LogP contribution in [0.15, 0.2) is 30.9 Å². The summed E-state index contributed by atoms with van der Waals surface area (Å²) in [5.41, 5.74) is 2.69. The summed E-state index contributed by atoms with van der Waals surface area (Å²) in [4.78, 5) is 18.8. The Balaban J connectivity index is 1.37. The number of benzene rings is 1. The van der Waals surface area contributed by atoms with Gasteiger partial charge in [-0.2, -0.15) is 5.10 Å². The molecule has 1 aliphatic heterocycles. The van der Waals surface area contributed by atoms with Crippen LogP contribution in [0.5, 0.6) is 0 Å². The number of aryl methyl sites for hydroxylation is 1. The van der Waals surface area contributed by atoms with Crippen LogP contribution >= 0.6 is 0 Å². The Hall–Kier alpha value is -2.21. The Kier molecular flexibility index (Phi) is 4.53. The van der Waals surface area contributed by atoms with Crippen molar-refractivity contribution in [1.82, 2.24) is 25.0 Å². The summed E-state index contributed by atoms with van der Waals surface area (Å²) >= 11 is 0. The predicted molar refractivity (Wildman–Crippen MR) is 95.7 cm³/mol. The molecule has 4 rings (SSSR count). The predicted octanol–water partition coefficient (Wildman–Crippen LogP) is 2.18. The molecule has 2 aromatic rings. The molecule has 2 heterocycles. The van der Waals surface area contributed by atoms with Crippen LogP contribution in [0.4, 0.5) is 0 Å². The van der Waals surface area contributed by atoms with Gasteiger partial charge in [0.1, 0.15) is 12.7 Å². The highest BCUT2D eigenvalue weighted by Crippen LogP contribution is 2.28. The number of piperidine rings is 1. The number of hydrogen-bond acceptors (Lipinski definition) is 4. The summed E-state index contributed by atoms with van der Waals surface area (Å²) < 4.78 is 1.71. The topological polar surface area (TPSA) is 63.1 Å². The summed E-state index contributed by atoms with van der Waals surface area (Å²) in [5, 5.41) is 7.80. The summed E-state index contributed by atoms with van der Waals surface area (Å²) in [6.45, 7) is 4.82. The van der Waals surface area contributed by atoms with Crippen LogP contribution in [0, 0.1) is 12.8 Å². The number of carbonyl (C=O) groups is 1. The highest BCUT2D eigenvalue weighted by atomic mass is 16.2. The van der Waals surface area contributed by atoms with Crippen molar-refractivity contribution in [3.8, 4) is 5.69 Å². The molecular weight excluding hydrogens is 314 g/mol. The van der Waals surface area contributed by atoms with Crippen LogP contribution in [0.2, 0.25) is 0 Å². The largest absolute Gasteiger partial charge is 0.339 e. The smallest absolute Gasteiger partial charge is 0.254 e. The number of rotatable bonds is 5. The molecule has 0 radical (unpaired) electrons. The number of amides is 1. The van der Waals surface area contributed by atoms with Crippen molar-refractivity contribution >= 4 is 5.91 Å². The first-order valence-corrected chi connectivity index (χ1v) is 9.19. The van der Waals surface area contributed by atoms with Crippen LogP contribution in [-0.4, -0.2) is 51.2 Å². The lowest BCUT2D eigenvalue weighted by atomic mass is 10.0. The molecule has 0 bridgehead atoms. The quantitative estimate of drug-likeness (QED) is 0.907. The molecule has 1 aromatic carbocycles. The van der Waals surface area contributed by atoms with E-state index in [2.05, 4.69) is 15.4 Å².